The number of esters is 1. The van der Waals surface area contributed by atoms with E-state index < -0.39 is 12.0 Å². The molecule has 1 aliphatic rings. The van der Waals surface area contributed by atoms with Gasteiger partial charge >= 0.3 is 12.0 Å². The molecule has 10 heteroatoms. The number of aromatic nitrogens is 2. The minimum Gasteiger partial charge on any atom is -0.462 e. The van der Waals surface area contributed by atoms with E-state index in [4.69, 9.17) is 18.6 Å². The third-order valence-electron chi connectivity index (χ3n) is 5.28. The second-order valence-corrected chi connectivity index (χ2v) is 7.82. The highest BCUT2D eigenvalue weighted by atomic mass is 16.7. The molecule has 2 N–H and O–H groups in total. The number of anilines is 2. The summed E-state index contributed by atoms with van der Waals surface area (Å²) in [7, 11) is 0. The third kappa shape index (κ3) is 5.27. The molecule has 5 rings (SSSR count). The Morgan fingerprint density at radius 3 is 2.56 bits per heavy atom. The number of benzene rings is 3. The zero-order chi connectivity index (χ0) is 24.9. The highest BCUT2D eigenvalue weighted by Crippen LogP contribution is 2.33. The van der Waals surface area contributed by atoms with Gasteiger partial charge in [0.2, 0.25) is 18.6 Å². The maximum atomic E-state index is 12.5. The van der Waals surface area contributed by atoms with Gasteiger partial charge in [-0.3, -0.25) is 0 Å². The van der Waals surface area contributed by atoms with Crippen molar-refractivity contribution in [3.05, 3.63) is 83.7 Å². The van der Waals surface area contributed by atoms with Crippen LogP contribution in [0.25, 0.3) is 11.5 Å². The number of urea groups is 1. The second kappa shape index (κ2) is 10.2. The predicted octanol–water partition coefficient (Wildman–Crippen LogP) is 4.88. The molecule has 0 fully saturated rings. The number of carbonyl (C=O) groups is 2. The Balaban J connectivity index is 1.21. The number of nitrogens with one attached hydrogen (secondary N) is 2. The molecule has 0 aliphatic carbocycles. The predicted molar refractivity (Wildman–Crippen MR) is 130 cm³/mol. The molecule has 1 aliphatic heterocycles. The van der Waals surface area contributed by atoms with Gasteiger partial charge in [-0.25, -0.2) is 9.59 Å². The average Bonchev–Trinajstić information content (AvgIpc) is 3.54. The van der Waals surface area contributed by atoms with E-state index in [1.807, 2.05) is 24.3 Å². The van der Waals surface area contributed by atoms with E-state index in [-0.39, 0.29) is 6.79 Å². The van der Waals surface area contributed by atoms with Gasteiger partial charge < -0.3 is 29.3 Å². The first-order chi connectivity index (χ1) is 17.6. The Labute approximate surface area is 206 Å². The number of rotatable bonds is 7. The summed E-state index contributed by atoms with van der Waals surface area (Å²) in [5.74, 6) is 1.78. The van der Waals surface area contributed by atoms with Gasteiger partial charge in [0.05, 0.1) is 18.6 Å². The topological polar surface area (TPSA) is 125 Å². The molecular weight excluding hydrogens is 464 g/mol. The van der Waals surface area contributed by atoms with Crippen LogP contribution in [0.15, 0.2) is 71.1 Å². The van der Waals surface area contributed by atoms with Crippen molar-refractivity contribution in [1.82, 2.24) is 10.2 Å². The molecular formula is C26H22N4O6. The molecule has 0 unspecified atom stereocenters. The first kappa shape index (κ1) is 22.9. The van der Waals surface area contributed by atoms with Gasteiger partial charge in [0, 0.05) is 16.9 Å². The minimum absolute atomic E-state index is 0.216. The van der Waals surface area contributed by atoms with Crippen LogP contribution in [0.2, 0.25) is 0 Å². The molecule has 0 saturated carbocycles. The highest BCUT2D eigenvalue weighted by molar-refractivity contribution is 6.00. The molecule has 0 spiro atoms. The third-order valence-corrected chi connectivity index (χ3v) is 5.28. The first-order valence-corrected chi connectivity index (χ1v) is 11.2. The summed E-state index contributed by atoms with van der Waals surface area (Å²) in [5, 5.41) is 13.8. The molecule has 1 aromatic heterocycles. The van der Waals surface area contributed by atoms with Crippen LogP contribution in [-0.4, -0.2) is 35.6 Å². The molecule has 3 aromatic carbocycles. The highest BCUT2D eigenvalue weighted by Gasteiger charge is 2.16. The lowest BCUT2D eigenvalue weighted by atomic mass is 10.1. The average molecular weight is 486 g/mol. The summed E-state index contributed by atoms with van der Waals surface area (Å²) in [6, 6.07) is 18.7. The summed E-state index contributed by atoms with van der Waals surface area (Å²) in [6.45, 7) is 2.25. The quantitative estimate of drug-likeness (QED) is 0.354. The summed E-state index contributed by atoms with van der Waals surface area (Å²) >= 11 is 0. The van der Waals surface area contributed by atoms with Gasteiger partial charge in [0.1, 0.15) is 0 Å². The van der Waals surface area contributed by atoms with Gasteiger partial charge in [0.15, 0.2) is 11.5 Å². The fraction of sp³-hybridized carbons (Fsp3) is 0.154. The summed E-state index contributed by atoms with van der Waals surface area (Å²) in [4.78, 5) is 24.2. The molecule has 0 bridgehead atoms. The van der Waals surface area contributed by atoms with Crippen molar-refractivity contribution in [2.75, 3.05) is 24.0 Å². The van der Waals surface area contributed by atoms with Crippen LogP contribution in [0, 0.1) is 0 Å². The van der Waals surface area contributed by atoms with Crippen LogP contribution in [0.1, 0.15) is 28.7 Å². The van der Waals surface area contributed by atoms with E-state index in [2.05, 4.69) is 20.8 Å². The van der Waals surface area contributed by atoms with Crippen LogP contribution in [0.4, 0.5) is 16.2 Å². The molecule has 182 valence electrons. The van der Waals surface area contributed by atoms with Gasteiger partial charge in [-0.1, -0.05) is 12.1 Å². The van der Waals surface area contributed by atoms with Gasteiger partial charge in [-0.2, -0.15) is 0 Å². The minimum atomic E-state index is -0.440. The van der Waals surface area contributed by atoms with E-state index in [1.54, 1.807) is 49.4 Å². The Hall–Kier alpha value is -4.86. The number of hydrogen-bond acceptors (Lipinski definition) is 8. The maximum Gasteiger partial charge on any atom is 0.338 e. The molecule has 10 nitrogen and oxygen atoms in total. The van der Waals surface area contributed by atoms with E-state index in [1.165, 1.54) is 0 Å². The molecule has 0 saturated heterocycles. The van der Waals surface area contributed by atoms with E-state index in [0.29, 0.717) is 58.8 Å². The lowest BCUT2D eigenvalue weighted by molar-refractivity contribution is 0.0526. The summed E-state index contributed by atoms with van der Waals surface area (Å²) < 4.78 is 21.5. The molecule has 4 aromatic rings. The van der Waals surface area contributed by atoms with E-state index in [9.17, 15) is 9.59 Å². The number of amides is 2. The lowest BCUT2D eigenvalue weighted by Crippen LogP contribution is -2.19. The summed E-state index contributed by atoms with van der Waals surface area (Å²) in [5.41, 5.74) is 3.10. The van der Waals surface area contributed by atoms with Crippen LogP contribution in [0.3, 0.4) is 0 Å². The lowest BCUT2D eigenvalue weighted by Gasteiger charge is -2.09. The van der Waals surface area contributed by atoms with Crippen molar-refractivity contribution in [3.8, 4) is 23.0 Å². The molecule has 2 amide bonds. The van der Waals surface area contributed by atoms with Crippen LogP contribution >= 0.6 is 0 Å². The number of hydrogen-bond donors (Lipinski definition) is 2. The number of ether oxygens (including phenoxy) is 3. The first-order valence-electron chi connectivity index (χ1n) is 11.2. The zero-order valence-electron chi connectivity index (χ0n) is 19.3. The van der Waals surface area contributed by atoms with Crippen molar-refractivity contribution in [1.29, 1.82) is 0 Å². The van der Waals surface area contributed by atoms with Crippen molar-refractivity contribution in [3.63, 3.8) is 0 Å². The molecule has 36 heavy (non-hydrogen) atoms. The Morgan fingerprint density at radius 1 is 0.917 bits per heavy atom. The van der Waals surface area contributed by atoms with Crippen molar-refractivity contribution >= 4 is 23.4 Å². The number of carbonyl (C=O) groups excluding carboxylic acids is 2. The van der Waals surface area contributed by atoms with Gasteiger partial charge in [0.25, 0.3) is 0 Å². The zero-order valence-corrected chi connectivity index (χ0v) is 19.3. The number of fused-ring (bicyclic) bond motifs is 1. The van der Waals surface area contributed by atoms with Crippen LogP contribution in [0.5, 0.6) is 11.5 Å². The molecule has 0 radical (unpaired) electrons. The normalized spacial score (nSPS) is 11.7. The van der Waals surface area contributed by atoms with Crippen molar-refractivity contribution in [2.24, 2.45) is 0 Å². The van der Waals surface area contributed by atoms with Gasteiger partial charge in [-0.05, 0) is 67.1 Å². The van der Waals surface area contributed by atoms with E-state index in [0.717, 1.165) is 5.56 Å². The fourth-order valence-electron chi connectivity index (χ4n) is 3.59. The largest absolute Gasteiger partial charge is 0.462 e. The van der Waals surface area contributed by atoms with Gasteiger partial charge in [-0.15, -0.1) is 10.2 Å². The van der Waals surface area contributed by atoms with Crippen molar-refractivity contribution < 1.29 is 28.2 Å². The van der Waals surface area contributed by atoms with Crippen LogP contribution in [-0.2, 0) is 11.2 Å². The standard InChI is InChI=1S/C26H22N4O6/c1-2-33-25(31)17-7-9-19(10-8-17)27-26(32)28-20-5-3-4-18(14-20)24-30-29-23(36-24)13-16-6-11-21-22(12-16)35-15-34-21/h3-12,14H,2,13,15H2,1H3,(H2,27,28,32). The fourth-order valence-corrected chi connectivity index (χ4v) is 3.59. The number of nitrogens with zero attached hydrogens (tertiary/aromatic N) is 2. The Morgan fingerprint density at radius 2 is 1.72 bits per heavy atom. The van der Waals surface area contributed by atoms with Crippen molar-refractivity contribution in [2.45, 2.75) is 13.3 Å². The summed E-state index contributed by atoms with van der Waals surface area (Å²) in [6.07, 6.45) is 0.443. The monoisotopic (exact) mass is 486 g/mol. The Kier molecular flexibility index (Phi) is 6.48. The Bertz CT molecular complexity index is 1400. The molecule has 0 atom stereocenters. The van der Waals surface area contributed by atoms with Crippen LogP contribution < -0.4 is 20.1 Å². The van der Waals surface area contributed by atoms with E-state index >= 15 is 0 Å². The molecule has 2 heterocycles. The smallest absolute Gasteiger partial charge is 0.338 e. The second-order valence-electron chi connectivity index (χ2n) is 7.82. The maximum absolute atomic E-state index is 12.5. The SMILES string of the molecule is CCOC(=O)c1ccc(NC(=O)Nc2cccc(-c3nnc(Cc4ccc5c(c4)OCO5)o3)c2)cc1.